The number of rotatable bonds is 4. The maximum Gasteiger partial charge on any atom is 0.258 e. The summed E-state index contributed by atoms with van der Waals surface area (Å²) < 4.78 is 1.88. The molecule has 0 unspecified atom stereocenters. The molecule has 25 heavy (non-hydrogen) atoms. The summed E-state index contributed by atoms with van der Waals surface area (Å²) in [7, 11) is 0. The zero-order valence-electron chi connectivity index (χ0n) is 14.7. The molecule has 1 N–H and O–H groups in total. The second-order valence-corrected chi connectivity index (χ2v) is 6.32. The van der Waals surface area contributed by atoms with E-state index in [0.29, 0.717) is 31.6 Å². The first kappa shape index (κ1) is 17.2. The molecule has 1 saturated heterocycles. The van der Waals surface area contributed by atoms with E-state index in [-0.39, 0.29) is 11.8 Å². The topological polar surface area (TPSA) is 67.2 Å². The van der Waals surface area contributed by atoms with Crippen molar-refractivity contribution in [1.29, 1.82) is 0 Å². The normalized spacial score (nSPS) is 17.9. The number of hydrogen-bond acceptors (Lipinski definition) is 3. The average Bonchev–Trinajstić information content (AvgIpc) is 2.95. The predicted octanol–water partition coefficient (Wildman–Crippen LogP) is 1.84. The van der Waals surface area contributed by atoms with E-state index in [9.17, 15) is 9.59 Å². The molecule has 2 amide bonds. The number of nitrogens with one attached hydrogen (secondary N) is 1. The first-order valence-electron chi connectivity index (χ1n) is 8.79. The Morgan fingerprint density at radius 3 is 2.80 bits per heavy atom. The standard InChI is InChI=1S/C19H24N4O2/c1-3-17-16(12-21-23(17)13-15-8-5-4-6-9-15)19(25)22-11-7-10-20-18(24)14(22)2/h4-6,8-9,12,14H,3,7,10-11,13H2,1-2H3,(H,20,24)/t14-/m1/s1. The minimum absolute atomic E-state index is 0.0967. The molecule has 1 fully saturated rings. The molecule has 1 aliphatic rings. The number of hydrogen-bond donors (Lipinski definition) is 1. The molecule has 6 nitrogen and oxygen atoms in total. The highest BCUT2D eigenvalue weighted by molar-refractivity contribution is 5.98. The number of aromatic nitrogens is 2. The van der Waals surface area contributed by atoms with E-state index in [0.717, 1.165) is 17.7 Å². The van der Waals surface area contributed by atoms with E-state index >= 15 is 0 Å². The first-order valence-corrected chi connectivity index (χ1v) is 8.79. The van der Waals surface area contributed by atoms with Gasteiger partial charge < -0.3 is 10.2 Å². The van der Waals surface area contributed by atoms with Crippen LogP contribution in [0.15, 0.2) is 36.5 Å². The van der Waals surface area contributed by atoms with Crippen LogP contribution < -0.4 is 5.32 Å². The van der Waals surface area contributed by atoms with Crippen LogP contribution in [0.5, 0.6) is 0 Å². The molecule has 1 aromatic carbocycles. The van der Waals surface area contributed by atoms with Crippen molar-refractivity contribution in [2.75, 3.05) is 13.1 Å². The minimum Gasteiger partial charge on any atom is -0.354 e. The molecule has 0 saturated carbocycles. The van der Waals surface area contributed by atoms with Gasteiger partial charge in [-0.25, -0.2) is 0 Å². The Bertz CT molecular complexity index is 754. The minimum atomic E-state index is -0.461. The number of amides is 2. The molecule has 3 rings (SSSR count). The molecule has 2 aromatic rings. The lowest BCUT2D eigenvalue weighted by Crippen LogP contribution is -2.45. The van der Waals surface area contributed by atoms with Crippen LogP contribution in [0, 0.1) is 0 Å². The van der Waals surface area contributed by atoms with Crippen LogP contribution >= 0.6 is 0 Å². The number of carbonyl (C=O) groups is 2. The van der Waals surface area contributed by atoms with Crippen LogP contribution in [0.3, 0.4) is 0 Å². The molecular weight excluding hydrogens is 316 g/mol. The second-order valence-electron chi connectivity index (χ2n) is 6.32. The highest BCUT2D eigenvalue weighted by atomic mass is 16.2. The van der Waals surface area contributed by atoms with E-state index in [1.165, 1.54) is 0 Å². The van der Waals surface area contributed by atoms with Gasteiger partial charge in [0.05, 0.1) is 24.0 Å². The Labute approximate surface area is 147 Å². The Balaban J connectivity index is 1.86. The first-order chi connectivity index (χ1) is 12.1. The Kier molecular flexibility index (Phi) is 5.16. The maximum absolute atomic E-state index is 13.0. The number of nitrogens with zero attached hydrogens (tertiary/aromatic N) is 3. The fourth-order valence-electron chi connectivity index (χ4n) is 3.23. The van der Waals surface area contributed by atoms with Crippen molar-refractivity contribution in [3.8, 4) is 0 Å². The van der Waals surface area contributed by atoms with Gasteiger partial charge in [0.15, 0.2) is 0 Å². The van der Waals surface area contributed by atoms with Crippen molar-refractivity contribution in [1.82, 2.24) is 20.0 Å². The number of benzene rings is 1. The molecule has 0 spiro atoms. The zero-order chi connectivity index (χ0) is 17.8. The van der Waals surface area contributed by atoms with E-state index in [1.807, 2.05) is 41.9 Å². The molecule has 1 aliphatic heterocycles. The van der Waals surface area contributed by atoms with Crippen LogP contribution in [0.2, 0.25) is 0 Å². The summed E-state index contributed by atoms with van der Waals surface area (Å²) in [5.41, 5.74) is 2.65. The second kappa shape index (κ2) is 7.51. The van der Waals surface area contributed by atoms with Crippen LogP contribution in [0.4, 0.5) is 0 Å². The van der Waals surface area contributed by atoms with Crippen molar-refractivity contribution in [2.45, 2.75) is 39.3 Å². The summed E-state index contributed by atoms with van der Waals surface area (Å²) in [5, 5.41) is 7.28. The SMILES string of the molecule is CCc1c(C(=O)N2CCCNC(=O)[C@H]2C)cnn1Cc1ccccc1. The summed E-state index contributed by atoms with van der Waals surface area (Å²) >= 11 is 0. The summed E-state index contributed by atoms with van der Waals surface area (Å²) in [6, 6.07) is 9.60. The van der Waals surface area contributed by atoms with Gasteiger partial charge in [0.2, 0.25) is 5.91 Å². The van der Waals surface area contributed by atoms with Crippen LogP contribution in [0.25, 0.3) is 0 Å². The van der Waals surface area contributed by atoms with Crippen molar-refractivity contribution >= 4 is 11.8 Å². The zero-order valence-corrected chi connectivity index (χ0v) is 14.7. The highest BCUT2D eigenvalue weighted by Gasteiger charge is 2.30. The Hall–Kier alpha value is -2.63. The lowest BCUT2D eigenvalue weighted by molar-refractivity contribution is -0.124. The van der Waals surface area contributed by atoms with E-state index in [1.54, 1.807) is 18.0 Å². The average molecular weight is 340 g/mol. The summed E-state index contributed by atoms with van der Waals surface area (Å²) in [5.74, 6) is -0.207. The van der Waals surface area contributed by atoms with Gasteiger partial charge >= 0.3 is 0 Å². The largest absolute Gasteiger partial charge is 0.354 e. The Morgan fingerprint density at radius 2 is 2.08 bits per heavy atom. The molecule has 0 aliphatic carbocycles. The van der Waals surface area contributed by atoms with Crippen LogP contribution in [-0.4, -0.2) is 45.6 Å². The van der Waals surface area contributed by atoms with Gasteiger partial charge in [0.25, 0.3) is 5.91 Å². The lowest BCUT2D eigenvalue weighted by Gasteiger charge is -2.25. The summed E-state index contributed by atoms with van der Waals surface area (Å²) in [6.45, 7) is 5.62. The molecule has 1 atom stereocenters. The van der Waals surface area contributed by atoms with Crippen molar-refractivity contribution < 1.29 is 9.59 Å². The van der Waals surface area contributed by atoms with Gasteiger partial charge in [-0.05, 0) is 25.3 Å². The van der Waals surface area contributed by atoms with Gasteiger partial charge in [-0.3, -0.25) is 14.3 Å². The highest BCUT2D eigenvalue weighted by Crippen LogP contribution is 2.17. The van der Waals surface area contributed by atoms with Gasteiger partial charge in [-0.2, -0.15) is 5.10 Å². The van der Waals surface area contributed by atoms with Gasteiger partial charge in [-0.15, -0.1) is 0 Å². The third-order valence-electron chi connectivity index (χ3n) is 4.67. The monoisotopic (exact) mass is 340 g/mol. The quantitative estimate of drug-likeness (QED) is 0.923. The van der Waals surface area contributed by atoms with Crippen LogP contribution in [0.1, 0.15) is 41.9 Å². The molecule has 132 valence electrons. The van der Waals surface area contributed by atoms with Crippen molar-refractivity contribution in [3.05, 3.63) is 53.3 Å². The van der Waals surface area contributed by atoms with Crippen molar-refractivity contribution in [2.24, 2.45) is 0 Å². The summed E-state index contributed by atoms with van der Waals surface area (Å²) in [4.78, 5) is 26.7. The Morgan fingerprint density at radius 1 is 1.32 bits per heavy atom. The smallest absolute Gasteiger partial charge is 0.258 e. The van der Waals surface area contributed by atoms with E-state index < -0.39 is 6.04 Å². The molecule has 1 aromatic heterocycles. The maximum atomic E-state index is 13.0. The predicted molar refractivity (Wildman–Crippen MR) is 95.3 cm³/mol. The molecule has 6 heteroatoms. The van der Waals surface area contributed by atoms with Crippen molar-refractivity contribution in [3.63, 3.8) is 0 Å². The van der Waals surface area contributed by atoms with Gasteiger partial charge in [-0.1, -0.05) is 37.3 Å². The fourth-order valence-corrected chi connectivity index (χ4v) is 3.23. The van der Waals surface area contributed by atoms with Crippen LogP contribution in [-0.2, 0) is 17.8 Å². The molecule has 0 radical (unpaired) electrons. The van der Waals surface area contributed by atoms with Gasteiger partial charge in [0.1, 0.15) is 6.04 Å². The number of carbonyl (C=O) groups excluding carboxylic acids is 2. The fraction of sp³-hybridized carbons (Fsp3) is 0.421. The van der Waals surface area contributed by atoms with E-state index in [4.69, 9.17) is 0 Å². The third-order valence-corrected chi connectivity index (χ3v) is 4.67. The van der Waals surface area contributed by atoms with E-state index in [2.05, 4.69) is 10.4 Å². The summed E-state index contributed by atoms with van der Waals surface area (Å²) in [6.07, 6.45) is 3.11. The van der Waals surface area contributed by atoms with Gasteiger partial charge in [0, 0.05) is 13.1 Å². The molecular formula is C19H24N4O2. The third kappa shape index (κ3) is 3.57. The molecule has 2 heterocycles. The molecule has 0 bridgehead atoms. The lowest BCUT2D eigenvalue weighted by atomic mass is 10.1.